The summed E-state index contributed by atoms with van der Waals surface area (Å²) in [6.45, 7) is 6.46. The van der Waals surface area contributed by atoms with Gasteiger partial charge in [-0.25, -0.2) is 0 Å². The first kappa shape index (κ1) is 8.95. The van der Waals surface area contributed by atoms with Gasteiger partial charge in [0.25, 0.3) is 0 Å². The molecule has 1 heterocycles. The second-order valence-corrected chi connectivity index (χ2v) is 4.95. The van der Waals surface area contributed by atoms with Crippen molar-refractivity contribution in [3.63, 3.8) is 0 Å². The van der Waals surface area contributed by atoms with E-state index in [9.17, 15) is 0 Å². The third kappa shape index (κ3) is 1.33. The molecule has 0 saturated carbocycles. The summed E-state index contributed by atoms with van der Waals surface area (Å²) in [6.07, 6.45) is 2.02. The highest BCUT2D eigenvalue weighted by Crippen LogP contribution is 2.39. The van der Waals surface area contributed by atoms with Gasteiger partial charge in [0.15, 0.2) is 0 Å². The van der Waals surface area contributed by atoms with Crippen LogP contribution in [0.25, 0.3) is 0 Å². The second-order valence-electron chi connectivity index (χ2n) is 4.10. The van der Waals surface area contributed by atoms with E-state index in [1.165, 1.54) is 15.6 Å². The van der Waals surface area contributed by atoms with Crippen molar-refractivity contribution < 1.29 is 0 Å². The molecule has 0 unspecified atom stereocenters. The lowest BCUT2D eigenvalue weighted by molar-refractivity contribution is 0.752. The lowest BCUT2D eigenvalue weighted by Gasteiger charge is -2.16. The fraction of sp³-hybridized carbons (Fsp3) is 0.364. The van der Waals surface area contributed by atoms with Gasteiger partial charge in [-0.3, -0.25) is 4.99 Å². The Morgan fingerprint density at radius 1 is 1.31 bits per heavy atom. The van der Waals surface area contributed by atoms with Gasteiger partial charge in [0, 0.05) is 16.1 Å². The monoisotopic (exact) mass is 237 g/mol. The first-order valence-corrected chi connectivity index (χ1v) is 5.16. The van der Waals surface area contributed by atoms with E-state index in [1.54, 1.807) is 0 Å². The van der Waals surface area contributed by atoms with Crippen LogP contribution in [-0.4, -0.2) is 6.21 Å². The molecule has 0 fully saturated rings. The maximum Gasteiger partial charge on any atom is 0.0670 e. The summed E-state index contributed by atoms with van der Waals surface area (Å²) in [4.78, 5) is 4.41. The normalized spacial score (nSPS) is 17.5. The number of rotatable bonds is 0. The van der Waals surface area contributed by atoms with Gasteiger partial charge in [-0.05, 0) is 30.2 Å². The van der Waals surface area contributed by atoms with Gasteiger partial charge in [0.2, 0.25) is 0 Å². The van der Waals surface area contributed by atoms with Crippen LogP contribution in [0.4, 0.5) is 5.69 Å². The molecule has 0 bridgehead atoms. The average Bonchev–Trinajstić information content (AvgIpc) is 2.31. The molecule has 2 heteroatoms. The Hall–Kier alpha value is -0.630. The van der Waals surface area contributed by atoms with Crippen molar-refractivity contribution in [3.8, 4) is 0 Å². The molecule has 0 amide bonds. The minimum Gasteiger partial charge on any atom is -0.260 e. The predicted molar refractivity (Wildman–Crippen MR) is 60.1 cm³/mol. The van der Waals surface area contributed by atoms with Crippen LogP contribution in [0.1, 0.15) is 25.0 Å². The third-order valence-electron chi connectivity index (χ3n) is 2.50. The number of hydrogen-bond acceptors (Lipinski definition) is 1. The number of benzene rings is 1. The van der Waals surface area contributed by atoms with E-state index >= 15 is 0 Å². The molecule has 1 aliphatic heterocycles. The summed E-state index contributed by atoms with van der Waals surface area (Å²) in [6, 6.07) is 4.31. The standard InChI is InChI=1S/C11H12BrN/c1-7-4-10-8(5-9(7)12)11(2,3)6-13-10/h4-6H,1-3H3. The molecule has 0 aliphatic carbocycles. The number of fused-ring (bicyclic) bond motifs is 1. The molecule has 0 saturated heterocycles. The number of halogens is 1. The molecule has 1 nitrogen and oxygen atoms in total. The van der Waals surface area contributed by atoms with Gasteiger partial charge in [-0.15, -0.1) is 0 Å². The van der Waals surface area contributed by atoms with Crippen molar-refractivity contribution >= 4 is 27.8 Å². The van der Waals surface area contributed by atoms with Crippen LogP contribution in [0, 0.1) is 6.92 Å². The van der Waals surface area contributed by atoms with E-state index in [0.717, 1.165) is 5.69 Å². The van der Waals surface area contributed by atoms with Crippen LogP contribution in [0.3, 0.4) is 0 Å². The topological polar surface area (TPSA) is 12.4 Å². The van der Waals surface area contributed by atoms with Crippen molar-refractivity contribution in [2.24, 2.45) is 4.99 Å². The summed E-state index contributed by atoms with van der Waals surface area (Å²) >= 11 is 3.54. The zero-order chi connectivity index (χ0) is 9.64. The second kappa shape index (κ2) is 2.68. The van der Waals surface area contributed by atoms with Crippen molar-refractivity contribution in [2.75, 3.05) is 0 Å². The smallest absolute Gasteiger partial charge is 0.0670 e. The Morgan fingerprint density at radius 3 is 2.69 bits per heavy atom. The van der Waals surface area contributed by atoms with Crippen LogP contribution >= 0.6 is 15.9 Å². The first-order valence-electron chi connectivity index (χ1n) is 4.36. The van der Waals surface area contributed by atoms with Gasteiger partial charge < -0.3 is 0 Å². The van der Waals surface area contributed by atoms with E-state index in [-0.39, 0.29) is 5.41 Å². The maximum atomic E-state index is 4.41. The lowest BCUT2D eigenvalue weighted by atomic mass is 9.87. The molecule has 2 rings (SSSR count). The van der Waals surface area contributed by atoms with Crippen molar-refractivity contribution in [1.29, 1.82) is 0 Å². The summed E-state index contributed by atoms with van der Waals surface area (Å²) in [7, 11) is 0. The molecule has 0 N–H and O–H groups in total. The van der Waals surface area contributed by atoms with Crippen molar-refractivity contribution in [1.82, 2.24) is 0 Å². The van der Waals surface area contributed by atoms with Gasteiger partial charge in [-0.2, -0.15) is 0 Å². The fourth-order valence-corrected chi connectivity index (χ4v) is 1.93. The summed E-state index contributed by atoms with van der Waals surface area (Å²) in [5, 5.41) is 0. The molecule has 0 radical (unpaired) electrons. The minimum absolute atomic E-state index is 0.0888. The Morgan fingerprint density at radius 2 is 2.00 bits per heavy atom. The Bertz CT molecular complexity index is 391. The van der Waals surface area contributed by atoms with E-state index in [1.807, 2.05) is 6.21 Å². The molecular weight excluding hydrogens is 226 g/mol. The zero-order valence-corrected chi connectivity index (χ0v) is 9.64. The summed E-state index contributed by atoms with van der Waals surface area (Å²) < 4.78 is 1.17. The molecule has 1 aromatic rings. The number of aryl methyl sites for hydroxylation is 1. The van der Waals surface area contributed by atoms with Crippen LogP contribution in [0.15, 0.2) is 21.6 Å². The molecule has 68 valence electrons. The van der Waals surface area contributed by atoms with Gasteiger partial charge >= 0.3 is 0 Å². The first-order chi connectivity index (χ1) is 6.00. The predicted octanol–water partition coefficient (Wildman–Crippen LogP) is 3.75. The Balaban J connectivity index is 2.66. The van der Waals surface area contributed by atoms with Crippen LogP contribution in [-0.2, 0) is 5.41 Å². The van der Waals surface area contributed by atoms with Crippen LogP contribution in [0.2, 0.25) is 0 Å². The molecular formula is C11H12BrN. The highest BCUT2D eigenvalue weighted by molar-refractivity contribution is 9.10. The van der Waals surface area contributed by atoms with Gasteiger partial charge in [-0.1, -0.05) is 29.8 Å². The van der Waals surface area contributed by atoms with E-state index in [2.05, 4.69) is 53.8 Å². The maximum absolute atomic E-state index is 4.41. The molecule has 1 aliphatic rings. The molecule has 0 spiro atoms. The Kier molecular flexibility index (Phi) is 1.84. The quantitative estimate of drug-likeness (QED) is 0.652. The third-order valence-corrected chi connectivity index (χ3v) is 3.35. The average molecular weight is 238 g/mol. The van der Waals surface area contributed by atoms with Gasteiger partial charge in [0.1, 0.15) is 0 Å². The molecule has 13 heavy (non-hydrogen) atoms. The number of nitrogens with zero attached hydrogens (tertiary/aromatic N) is 1. The highest BCUT2D eigenvalue weighted by Gasteiger charge is 2.26. The van der Waals surface area contributed by atoms with Crippen molar-refractivity contribution in [3.05, 3.63) is 27.7 Å². The van der Waals surface area contributed by atoms with E-state index in [0.29, 0.717) is 0 Å². The SMILES string of the molecule is Cc1cc2c(cc1Br)C(C)(C)C=N2. The molecule has 0 aromatic heterocycles. The summed E-state index contributed by atoms with van der Waals surface area (Å²) in [5.74, 6) is 0. The zero-order valence-electron chi connectivity index (χ0n) is 8.06. The lowest BCUT2D eigenvalue weighted by Crippen LogP contribution is -2.14. The van der Waals surface area contributed by atoms with E-state index in [4.69, 9.17) is 0 Å². The minimum atomic E-state index is 0.0888. The van der Waals surface area contributed by atoms with Crippen LogP contribution in [0.5, 0.6) is 0 Å². The molecule has 1 aromatic carbocycles. The van der Waals surface area contributed by atoms with Gasteiger partial charge in [0.05, 0.1) is 5.69 Å². The number of aliphatic imine (C=N–C) groups is 1. The van der Waals surface area contributed by atoms with Crippen molar-refractivity contribution in [2.45, 2.75) is 26.2 Å². The fourth-order valence-electron chi connectivity index (χ4n) is 1.59. The largest absolute Gasteiger partial charge is 0.260 e. The Labute approximate surface area is 87.0 Å². The van der Waals surface area contributed by atoms with Crippen LogP contribution < -0.4 is 0 Å². The highest BCUT2D eigenvalue weighted by atomic mass is 79.9. The molecule has 0 atom stereocenters. The summed E-state index contributed by atoms with van der Waals surface area (Å²) in [5.41, 5.74) is 3.76. The number of hydrogen-bond donors (Lipinski definition) is 0. The van der Waals surface area contributed by atoms with E-state index < -0.39 is 0 Å².